The molecule has 1 unspecified atom stereocenters. The monoisotopic (exact) mass is 577 g/mol. The molecule has 1 amide bonds. The molecular formula is C32H34F3N5O2. The van der Waals surface area contributed by atoms with Crippen LogP contribution < -0.4 is 10.6 Å². The second-order valence-corrected chi connectivity index (χ2v) is 10.7. The Morgan fingerprint density at radius 2 is 2.00 bits per heavy atom. The van der Waals surface area contributed by atoms with Gasteiger partial charge in [-0.05, 0) is 78.9 Å². The molecule has 2 aromatic carbocycles. The van der Waals surface area contributed by atoms with Crippen molar-refractivity contribution in [3.8, 4) is 0 Å². The summed E-state index contributed by atoms with van der Waals surface area (Å²) in [5.74, 6) is -0.315. The molecule has 0 bridgehead atoms. The Morgan fingerprint density at radius 3 is 2.74 bits per heavy atom. The molecule has 4 aromatic rings. The topological polar surface area (TPSA) is 82.3 Å². The van der Waals surface area contributed by atoms with Gasteiger partial charge in [0.15, 0.2) is 0 Å². The van der Waals surface area contributed by atoms with E-state index in [1.807, 2.05) is 42.2 Å². The van der Waals surface area contributed by atoms with Gasteiger partial charge in [-0.3, -0.25) is 9.69 Å². The number of anilines is 2. The first-order valence-corrected chi connectivity index (χ1v) is 13.8. The van der Waals surface area contributed by atoms with E-state index in [0.717, 1.165) is 46.0 Å². The molecule has 1 saturated heterocycles. The lowest BCUT2D eigenvalue weighted by atomic mass is 10.0. The number of fused-ring (bicyclic) bond motifs is 1. The number of likely N-dealkylation sites (tertiary alicyclic amines) is 1. The SMILES string of the molecule is C=CC1CCN(Cc2ccc(C(=O)Nc3ccc(C)c(CNc4cnc5[nH]c(COC)cc5c4)c3)cc2C(F)(F)F)C1. The number of methoxy groups -OCH3 is 1. The number of hydrogen-bond donors (Lipinski definition) is 3. The van der Waals surface area contributed by atoms with E-state index >= 15 is 0 Å². The van der Waals surface area contributed by atoms with Crippen LogP contribution in [0.4, 0.5) is 24.5 Å². The standard InChI is InChI=1S/C32H34F3N5O2/c1-4-21-9-10-40(17-21)18-23-7-6-22(14-29(23)32(33,34)35)31(41)39-26-8-5-20(2)25(13-26)15-36-27-11-24-12-28(19-42-3)38-30(24)37-16-27/h4-8,11-14,16,21,36H,1,9-10,15,17-19H2,2-3H3,(H,37,38)(H,39,41). The van der Waals surface area contributed by atoms with Gasteiger partial charge in [0.05, 0.1) is 24.1 Å². The number of aromatic nitrogens is 2. The molecule has 5 rings (SSSR count). The van der Waals surface area contributed by atoms with E-state index in [-0.39, 0.29) is 23.6 Å². The normalized spacial score (nSPS) is 15.7. The number of amides is 1. The van der Waals surface area contributed by atoms with E-state index in [0.29, 0.717) is 31.9 Å². The predicted molar refractivity (Wildman–Crippen MR) is 158 cm³/mol. The summed E-state index contributed by atoms with van der Waals surface area (Å²) in [7, 11) is 1.63. The minimum absolute atomic E-state index is 0.0459. The summed E-state index contributed by atoms with van der Waals surface area (Å²) in [6, 6.07) is 13.2. The maximum Gasteiger partial charge on any atom is 0.416 e. The number of nitrogens with one attached hydrogen (secondary N) is 3. The lowest BCUT2D eigenvalue weighted by Crippen LogP contribution is -2.23. The smallest absolute Gasteiger partial charge is 0.380 e. The number of halogens is 3. The first kappa shape index (κ1) is 29.3. The summed E-state index contributed by atoms with van der Waals surface area (Å²) >= 11 is 0. The zero-order valence-electron chi connectivity index (χ0n) is 23.6. The van der Waals surface area contributed by atoms with Gasteiger partial charge < -0.3 is 20.4 Å². The number of carbonyl (C=O) groups is 1. The summed E-state index contributed by atoms with van der Waals surface area (Å²) < 4.78 is 47.2. The fraction of sp³-hybridized carbons (Fsp3) is 0.312. The van der Waals surface area contributed by atoms with Crippen molar-refractivity contribution in [3.05, 3.63) is 101 Å². The Balaban J connectivity index is 1.27. The van der Waals surface area contributed by atoms with E-state index in [2.05, 4.69) is 27.2 Å². The maximum absolute atomic E-state index is 14.0. The number of rotatable bonds is 10. The molecule has 0 radical (unpaired) electrons. The molecule has 0 saturated carbocycles. The van der Waals surface area contributed by atoms with Crippen LogP contribution in [0.5, 0.6) is 0 Å². The van der Waals surface area contributed by atoms with Crippen molar-refractivity contribution >= 4 is 28.3 Å². The fourth-order valence-electron chi connectivity index (χ4n) is 5.30. The lowest BCUT2D eigenvalue weighted by Gasteiger charge is -2.20. The Kier molecular flexibility index (Phi) is 8.65. The van der Waals surface area contributed by atoms with Crippen LogP contribution in [-0.4, -0.2) is 41.0 Å². The van der Waals surface area contributed by atoms with Gasteiger partial charge in [-0.1, -0.05) is 18.2 Å². The third-order valence-electron chi connectivity index (χ3n) is 7.63. The average molecular weight is 578 g/mol. The molecule has 1 aliphatic heterocycles. The molecule has 1 aliphatic rings. The molecule has 220 valence electrons. The van der Waals surface area contributed by atoms with Crippen molar-refractivity contribution in [2.45, 2.75) is 39.2 Å². The van der Waals surface area contributed by atoms with Crippen LogP contribution in [0.25, 0.3) is 11.0 Å². The van der Waals surface area contributed by atoms with Gasteiger partial charge in [-0.2, -0.15) is 13.2 Å². The zero-order chi connectivity index (χ0) is 29.9. The number of carbonyl (C=O) groups excluding carboxylic acids is 1. The molecule has 10 heteroatoms. The zero-order valence-corrected chi connectivity index (χ0v) is 23.6. The van der Waals surface area contributed by atoms with Gasteiger partial charge in [0.25, 0.3) is 5.91 Å². The third-order valence-corrected chi connectivity index (χ3v) is 7.63. The van der Waals surface area contributed by atoms with Gasteiger partial charge >= 0.3 is 6.18 Å². The summed E-state index contributed by atoms with van der Waals surface area (Å²) in [5.41, 5.74) is 4.29. The third kappa shape index (κ3) is 6.83. The highest BCUT2D eigenvalue weighted by Crippen LogP contribution is 2.34. The largest absolute Gasteiger partial charge is 0.416 e. The lowest BCUT2D eigenvalue weighted by molar-refractivity contribution is -0.138. The number of hydrogen-bond acceptors (Lipinski definition) is 5. The molecule has 0 spiro atoms. The summed E-state index contributed by atoms with van der Waals surface area (Å²) in [6.07, 6.45) is -0.105. The number of H-pyrrole nitrogens is 1. The van der Waals surface area contributed by atoms with E-state index in [1.165, 1.54) is 12.1 Å². The van der Waals surface area contributed by atoms with E-state index in [4.69, 9.17) is 4.74 Å². The van der Waals surface area contributed by atoms with Crippen LogP contribution in [0.1, 0.15) is 44.7 Å². The summed E-state index contributed by atoms with van der Waals surface area (Å²) in [4.78, 5) is 22.7. The average Bonchev–Trinajstić information content (AvgIpc) is 3.59. The predicted octanol–water partition coefficient (Wildman–Crippen LogP) is 6.91. The van der Waals surface area contributed by atoms with Crippen molar-refractivity contribution in [1.29, 1.82) is 0 Å². The summed E-state index contributed by atoms with van der Waals surface area (Å²) in [5, 5.41) is 7.08. The quantitative estimate of drug-likeness (QED) is 0.179. The van der Waals surface area contributed by atoms with Crippen LogP contribution in [0.3, 0.4) is 0 Å². The molecule has 1 atom stereocenters. The number of ether oxygens (including phenoxy) is 1. The molecule has 0 aliphatic carbocycles. The van der Waals surface area contributed by atoms with Crippen LogP contribution in [0.15, 0.2) is 67.4 Å². The molecule has 42 heavy (non-hydrogen) atoms. The van der Waals surface area contributed by atoms with Gasteiger partial charge in [-0.25, -0.2) is 4.98 Å². The van der Waals surface area contributed by atoms with Crippen LogP contribution in [0, 0.1) is 12.8 Å². The van der Waals surface area contributed by atoms with Crippen molar-refractivity contribution in [2.75, 3.05) is 30.8 Å². The minimum Gasteiger partial charge on any atom is -0.380 e. The number of pyridine rings is 1. The summed E-state index contributed by atoms with van der Waals surface area (Å²) in [6.45, 7) is 8.26. The number of aromatic amines is 1. The van der Waals surface area contributed by atoms with Crippen molar-refractivity contribution in [3.63, 3.8) is 0 Å². The van der Waals surface area contributed by atoms with Gasteiger partial charge in [0.2, 0.25) is 0 Å². The van der Waals surface area contributed by atoms with Crippen molar-refractivity contribution in [2.24, 2.45) is 5.92 Å². The highest BCUT2D eigenvalue weighted by atomic mass is 19.4. The Bertz CT molecular complexity index is 1600. The van der Waals surface area contributed by atoms with E-state index < -0.39 is 17.6 Å². The van der Waals surface area contributed by atoms with Gasteiger partial charge in [-0.15, -0.1) is 6.58 Å². The molecule has 3 heterocycles. The van der Waals surface area contributed by atoms with Gasteiger partial charge in [0.1, 0.15) is 5.65 Å². The number of aryl methyl sites for hydroxylation is 1. The second-order valence-electron chi connectivity index (χ2n) is 10.7. The number of benzene rings is 2. The maximum atomic E-state index is 14.0. The molecule has 2 aromatic heterocycles. The molecule has 7 nitrogen and oxygen atoms in total. The molecule has 1 fully saturated rings. The van der Waals surface area contributed by atoms with Crippen LogP contribution in [-0.2, 0) is 30.6 Å². The van der Waals surface area contributed by atoms with Crippen LogP contribution >= 0.6 is 0 Å². The Morgan fingerprint density at radius 1 is 1.17 bits per heavy atom. The van der Waals surface area contributed by atoms with Crippen molar-refractivity contribution < 1.29 is 22.7 Å². The fourth-order valence-corrected chi connectivity index (χ4v) is 5.30. The molecular weight excluding hydrogens is 543 g/mol. The first-order valence-electron chi connectivity index (χ1n) is 13.8. The van der Waals surface area contributed by atoms with Crippen molar-refractivity contribution in [1.82, 2.24) is 14.9 Å². The molecule has 3 N–H and O–H groups in total. The van der Waals surface area contributed by atoms with E-state index in [1.54, 1.807) is 19.4 Å². The Hall–Kier alpha value is -4.15. The van der Waals surface area contributed by atoms with Crippen LogP contribution in [0.2, 0.25) is 0 Å². The van der Waals surface area contributed by atoms with Gasteiger partial charge in [0, 0.05) is 49.1 Å². The minimum atomic E-state index is -4.57. The van der Waals surface area contributed by atoms with E-state index in [9.17, 15) is 18.0 Å². The highest BCUT2D eigenvalue weighted by molar-refractivity contribution is 6.04. The first-order chi connectivity index (χ1) is 20.1. The second kappa shape index (κ2) is 12.4. The number of alkyl halides is 3. The number of nitrogens with zero attached hydrogens (tertiary/aromatic N) is 2. The Labute approximate surface area is 242 Å². The highest BCUT2D eigenvalue weighted by Gasteiger charge is 2.35.